The molecule has 0 saturated heterocycles. The Morgan fingerprint density at radius 1 is 0.560 bits per heavy atom. The third kappa shape index (κ3) is 12.2. The van der Waals surface area contributed by atoms with Crippen molar-refractivity contribution < 1.29 is 0 Å². The van der Waals surface area contributed by atoms with Crippen LogP contribution in [0.25, 0.3) is 0 Å². The predicted octanol–water partition coefficient (Wildman–Crippen LogP) is 7.03. The first-order chi connectivity index (χ1) is 12.3. The maximum Gasteiger partial charge on any atom is 0.00188 e. The molecule has 0 amide bonds. The van der Waals surface area contributed by atoms with E-state index >= 15 is 0 Å². The van der Waals surface area contributed by atoms with Crippen molar-refractivity contribution in [1.29, 1.82) is 0 Å². The molecule has 0 saturated carbocycles. The molecule has 0 N–H and O–H groups in total. The Morgan fingerprint density at radius 3 is 1.64 bits per heavy atom. The van der Waals surface area contributed by atoms with Crippen LogP contribution in [0.15, 0.2) is 24.3 Å². The average Bonchev–Trinajstić information content (AvgIpc) is 2.63. The Bertz CT molecular complexity index is 395. The minimum absolute atomic E-state index is 1.18. The normalized spacial score (nSPS) is 11.4. The lowest BCUT2D eigenvalue weighted by Gasteiger charge is -2.16. The monoisotopic (exact) mass is 345 g/mol. The second-order valence-electron chi connectivity index (χ2n) is 7.80. The predicted molar refractivity (Wildman–Crippen MR) is 113 cm³/mol. The van der Waals surface area contributed by atoms with E-state index < -0.39 is 0 Å². The summed E-state index contributed by atoms with van der Waals surface area (Å²) < 4.78 is 0. The smallest absolute Gasteiger partial charge is 0.00188 e. The molecule has 0 aliphatic rings. The third-order valence-corrected chi connectivity index (χ3v) is 5.27. The Hall–Kier alpha value is -0.820. The first-order valence-electron chi connectivity index (χ1n) is 11.0. The van der Waals surface area contributed by atoms with E-state index in [0.717, 1.165) is 0 Å². The first kappa shape index (κ1) is 22.2. The second-order valence-corrected chi connectivity index (χ2v) is 7.80. The summed E-state index contributed by atoms with van der Waals surface area (Å²) in [5.74, 6) is 0. The lowest BCUT2D eigenvalue weighted by atomic mass is 10.0. The molecule has 0 heterocycles. The van der Waals surface area contributed by atoms with Crippen molar-refractivity contribution >= 4 is 0 Å². The summed E-state index contributed by atoms with van der Waals surface area (Å²) in [4.78, 5) is 2.50. The van der Waals surface area contributed by atoms with Crippen LogP contribution in [0.1, 0.15) is 95.6 Å². The van der Waals surface area contributed by atoms with E-state index in [1.807, 2.05) is 0 Å². The molecule has 0 aromatic heterocycles. The number of hydrogen-bond donors (Lipinski definition) is 0. The molecule has 0 aliphatic heterocycles. The van der Waals surface area contributed by atoms with Gasteiger partial charge in [0, 0.05) is 6.54 Å². The van der Waals surface area contributed by atoms with E-state index in [2.05, 4.69) is 50.1 Å². The highest BCUT2D eigenvalue weighted by molar-refractivity contribution is 5.22. The van der Waals surface area contributed by atoms with Crippen LogP contribution in [0.2, 0.25) is 0 Å². The zero-order valence-corrected chi connectivity index (χ0v) is 17.4. The molecule has 1 nitrogen and oxygen atoms in total. The Kier molecular flexibility index (Phi) is 13.7. The van der Waals surface area contributed by atoms with Gasteiger partial charge in [0.15, 0.2) is 0 Å². The van der Waals surface area contributed by atoms with Crippen LogP contribution in [0.4, 0.5) is 0 Å². The van der Waals surface area contributed by atoms with Gasteiger partial charge in [-0.2, -0.15) is 0 Å². The van der Waals surface area contributed by atoms with Gasteiger partial charge < -0.3 is 4.90 Å². The van der Waals surface area contributed by atoms with Gasteiger partial charge in [-0.05, 0) is 50.4 Å². The Labute approximate surface area is 158 Å². The number of rotatable bonds is 16. The van der Waals surface area contributed by atoms with Crippen molar-refractivity contribution in [3.63, 3.8) is 0 Å². The molecule has 1 rings (SSSR count). The molecule has 0 bridgehead atoms. The fraction of sp³-hybridized carbons (Fsp3) is 0.750. The van der Waals surface area contributed by atoms with Gasteiger partial charge in [0.2, 0.25) is 0 Å². The number of aryl methyl sites for hydroxylation is 1. The van der Waals surface area contributed by atoms with Gasteiger partial charge in [0.05, 0.1) is 0 Å². The SMILES string of the molecule is CCCCCCCCc1ccc(CCN(C)CCCCCCC)cc1. The molecule has 0 radical (unpaired) electrons. The van der Waals surface area contributed by atoms with Crippen molar-refractivity contribution in [2.75, 3.05) is 20.1 Å². The molecule has 0 unspecified atom stereocenters. The van der Waals surface area contributed by atoms with E-state index in [4.69, 9.17) is 0 Å². The molecule has 144 valence electrons. The lowest BCUT2D eigenvalue weighted by Crippen LogP contribution is -2.22. The lowest BCUT2D eigenvalue weighted by molar-refractivity contribution is 0.328. The minimum Gasteiger partial charge on any atom is -0.306 e. The van der Waals surface area contributed by atoms with Crippen LogP contribution >= 0.6 is 0 Å². The number of benzene rings is 1. The van der Waals surface area contributed by atoms with E-state index in [0.29, 0.717) is 0 Å². The van der Waals surface area contributed by atoms with Crippen molar-refractivity contribution in [2.24, 2.45) is 0 Å². The maximum absolute atomic E-state index is 2.50. The molecule has 0 fully saturated rings. The summed E-state index contributed by atoms with van der Waals surface area (Å²) in [6, 6.07) is 9.40. The second kappa shape index (κ2) is 15.4. The molecule has 1 aromatic rings. The van der Waals surface area contributed by atoms with Gasteiger partial charge in [0.1, 0.15) is 0 Å². The van der Waals surface area contributed by atoms with Crippen LogP contribution in [-0.4, -0.2) is 25.0 Å². The summed E-state index contributed by atoms with van der Waals surface area (Å²) in [6.07, 6.45) is 17.7. The molecule has 25 heavy (non-hydrogen) atoms. The average molecular weight is 346 g/mol. The highest BCUT2D eigenvalue weighted by Crippen LogP contribution is 2.12. The molecule has 0 aliphatic carbocycles. The van der Waals surface area contributed by atoms with Gasteiger partial charge in [-0.3, -0.25) is 0 Å². The highest BCUT2D eigenvalue weighted by Gasteiger charge is 2.01. The van der Waals surface area contributed by atoms with Gasteiger partial charge >= 0.3 is 0 Å². The third-order valence-electron chi connectivity index (χ3n) is 5.27. The molecule has 0 spiro atoms. The van der Waals surface area contributed by atoms with E-state index in [1.54, 1.807) is 0 Å². The van der Waals surface area contributed by atoms with Crippen LogP contribution in [0, 0.1) is 0 Å². The van der Waals surface area contributed by atoms with Crippen LogP contribution in [0.3, 0.4) is 0 Å². The van der Waals surface area contributed by atoms with Crippen molar-refractivity contribution in [3.05, 3.63) is 35.4 Å². The van der Waals surface area contributed by atoms with Crippen LogP contribution in [-0.2, 0) is 12.8 Å². The molecule has 1 aromatic carbocycles. The highest BCUT2D eigenvalue weighted by atomic mass is 15.1. The number of unbranched alkanes of at least 4 members (excludes halogenated alkanes) is 9. The van der Waals surface area contributed by atoms with Crippen LogP contribution in [0.5, 0.6) is 0 Å². The molecule has 0 atom stereocenters. The fourth-order valence-corrected chi connectivity index (χ4v) is 3.40. The van der Waals surface area contributed by atoms with Gasteiger partial charge in [-0.1, -0.05) is 95.9 Å². The zero-order valence-electron chi connectivity index (χ0n) is 17.4. The van der Waals surface area contributed by atoms with Crippen LogP contribution < -0.4 is 0 Å². The maximum atomic E-state index is 2.50. The fourth-order valence-electron chi connectivity index (χ4n) is 3.40. The number of nitrogens with zero attached hydrogens (tertiary/aromatic N) is 1. The summed E-state index contributed by atoms with van der Waals surface area (Å²) in [5, 5.41) is 0. The Balaban J connectivity index is 2.10. The summed E-state index contributed by atoms with van der Waals surface area (Å²) in [7, 11) is 2.27. The number of likely N-dealkylation sites (N-methyl/N-ethyl adjacent to an activating group) is 1. The van der Waals surface area contributed by atoms with Gasteiger partial charge in [0.25, 0.3) is 0 Å². The van der Waals surface area contributed by atoms with E-state index in [1.165, 1.54) is 108 Å². The molecular formula is C24H43N. The quantitative estimate of drug-likeness (QED) is 0.291. The molecular weight excluding hydrogens is 302 g/mol. The zero-order chi connectivity index (χ0) is 18.2. The van der Waals surface area contributed by atoms with Crippen molar-refractivity contribution in [2.45, 2.75) is 97.3 Å². The minimum atomic E-state index is 1.18. The standard InChI is InChI=1S/C24H43N/c1-4-6-8-10-11-13-15-23-16-18-24(19-17-23)20-22-25(3)21-14-12-9-7-5-2/h16-19H,4-15,20-22H2,1-3H3. The summed E-state index contributed by atoms with van der Waals surface area (Å²) in [5.41, 5.74) is 3.01. The van der Waals surface area contributed by atoms with E-state index in [-0.39, 0.29) is 0 Å². The first-order valence-corrected chi connectivity index (χ1v) is 11.0. The van der Waals surface area contributed by atoms with Crippen molar-refractivity contribution in [3.8, 4) is 0 Å². The van der Waals surface area contributed by atoms with Crippen molar-refractivity contribution in [1.82, 2.24) is 4.90 Å². The summed E-state index contributed by atoms with van der Waals surface area (Å²) >= 11 is 0. The van der Waals surface area contributed by atoms with Gasteiger partial charge in [-0.25, -0.2) is 0 Å². The Morgan fingerprint density at radius 2 is 1.04 bits per heavy atom. The topological polar surface area (TPSA) is 3.24 Å². The summed E-state index contributed by atoms with van der Waals surface area (Å²) in [6.45, 7) is 7.00. The largest absolute Gasteiger partial charge is 0.306 e. The van der Waals surface area contributed by atoms with E-state index in [9.17, 15) is 0 Å². The van der Waals surface area contributed by atoms with Gasteiger partial charge in [-0.15, -0.1) is 0 Å². The number of hydrogen-bond acceptors (Lipinski definition) is 1. The molecule has 1 heteroatoms.